The lowest BCUT2D eigenvalue weighted by molar-refractivity contribution is -0.880. The van der Waals surface area contributed by atoms with E-state index in [1.807, 2.05) is 0 Å². The topological polar surface area (TPSA) is 62.8 Å². The maximum absolute atomic E-state index is 11.8. The Kier molecular flexibility index (Phi) is 4.39. The van der Waals surface area contributed by atoms with E-state index in [1.165, 1.54) is 25.0 Å². The van der Waals surface area contributed by atoms with Crippen molar-refractivity contribution in [1.82, 2.24) is 10.5 Å². The van der Waals surface area contributed by atoms with E-state index in [4.69, 9.17) is 4.52 Å². The summed E-state index contributed by atoms with van der Waals surface area (Å²) < 4.78 is 4.82. The van der Waals surface area contributed by atoms with Crippen LogP contribution < -0.4 is 15.1 Å². The van der Waals surface area contributed by atoms with Crippen LogP contribution in [0.1, 0.15) is 16.1 Å². The van der Waals surface area contributed by atoms with Gasteiger partial charge in [0.2, 0.25) is 5.76 Å². The third-order valence-electron chi connectivity index (χ3n) is 4.03. The molecule has 1 fully saturated rings. The molecule has 0 saturated carbocycles. The van der Waals surface area contributed by atoms with Gasteiger partial charge < -0.3 is 19.6 Å². The van der Waals surface area contributed by atoms with E-state index in [2.05, 4.69) is 46.7 Å². The molecular formula is C16H21N4O2+. The fraction of sp³-hybridized carbons (Fsp3) is 0.375. The molecule has 2 N–H and O–H groups in total. The number of carbonyl (C=O) groups is 1. The Morgan fingerprint density at radius 2 is 2.00 bits per heavy atom. The zero-order valence-corrected chi connectivity index (χ0v) is 12.7. The highest BCUT2D eigenvalue weighted by Crippen LogP contribution is 2.15. The van der Waals surface area contributed by atoms with Gasteiger partial charge in [0, 0.05) is 18.3 Å². The summed E-state index contributed by atoms with van der Waals surface area (Å²) in [7, 11) is 2.23. The first kappa shape index (κ1) is 14.6. The molecule has 6 heteroatoms. The summed E-state index contributed by atoms with van der Waals surface area (Å²) in [6, 6.07) is 9.91. The number of nitrogens with one attached hydrogen (secondary N) is 2. The number of carbonyl (C=O) groups excluding carboxylic acids is 1. The third-order valence-corrected chi connectivity index (χ3v) is 4.03. The van der Waals surface area contributed by atoms with Gasteiger partial charge in [0.1, 0.15) is 0 Å². The molecule has 0 radical (unpaired) electrons. The number of hydrogen-bond donors (Lipinski definition) is 2. The molecule has 1 amide bonds. The normalized spacial score (nSPS) is 15.8. The summed E-state index contributed by atoms with van der Waals surface area (Å²) in [5.74, 6) is -0.0137. The number of piperazine rings is 1. The quantitative estimate of drug-likeness (QED) is 0.830. The van der Waals surface area contributed by atoms with Crippen LogP contribution in [0.2, 0.25) is 0 Å². The van der Waals surface area contributed by atoms with Crippen LogP contribution in [-0.2, 0) is 6.54 Å². The molecule has 0 bridgehead atoms. The molecule has 0 aliphatic carbocycles. The minimum Gasteiger partial charge on any atom is -0.360 e. The third kappa shape index (κ3) is 3.46. The van der Waals surface area contributed by atoms with Gasteiger partial charge >= 0.3 is 0 Å². The van der Waals surface area contributed by atoms with Crippen LogP contribution in [0.4, 0.5) is 5.69 Å². The first-order valence-electron chi connectivity index (χ1n) is 7.56. The van der Waals surface area contributed by atoms with Crippen molar-refractivity contribution in [2.45, 2.75) is 6.54 Å². The van der Waals surface area contributed by atoms with E-state index in [0.29, 0.717) is 6.54 Å². The van der Waals surface area contributed by atoms with E-state index in [9.17, 15) is 4.79 Å². The number of hydrogen-bond acceptors (Lipinski definition) is 4. The van der Waals surface area contributed by atoms with Gasteiger partial charge in [-0.3, -0.25) is 4.79 Å². The van der Waals surface area contributed by atoms with E-state index in [0.717, 1.165) is 18.7 Å². The zero-order valence-electron chi connectivity index (χ0n) is 12.7. The van der Waals surface area contributed by atoms with Crippen molar-refractivity contribution in [3.63, 3.8) is 0 Å². The molecule has 3 rings (SSSR count). The average molecular weight is 301 g/mol. The van der Waals surface area contributed by atoms with Crippen molar-refractivity contribution in [2.75, 3.05) is 38.1 Å². The maximum Gasteiger partial charge on any atom is 0.290 e. The van der Waals surface area contributed by atoms with Crippen LogP contribution in [0.25, 0.3) is 0 Å². The molecule has 0 spiro atoms. The Labute approximate surface area is 129 Å². The molecule has 116 valence electrons. The predicted molar refractivity (Wildman–Crippen MR) is 82.9 cm³/mol. The van der Waals surface area contributed by atoms with Crippen molar-refractivity contribution >= 4 is 11.6 Å². The Morgan fingerprint density at radius 1 is 1.27 bits per heavy atom. The second kappa shape index (κ2) is 6.62. The number of amides is 1. The zero-order chi connectivity index (χ0) is 15.4. The average Bonchev–Trinajstić information content (AvgIpc) is 3.08. The fourth-order valence-electron chi connectivity index (χ4n) is 2.57. The van der Waals surface area contributed by atoms with E-state index < -0.39 is 0 Å². The molecule has 1 aromatic heterocycles. The van der Waals surface area contributed by atoms with Gasteiger partial charge in [-0.25, -0.2) is 0 Å². The number of benzene rings is 1. The van der Waals surface area contributed by atoms with Gasteiger partial charge in [-0.2, -0.15) is 0 Å². The monoisotopic (exact) mass is 301 g/mol. The van der Waals surface area contributed by atoms with Crippen molar-refractivity contribution in [2.24, 2.45) is 0 Å². The van der Waals surface area contributed by atoms with Gasteiger partial charge in [0.15, 0.2) is 0 Å². The first-order valence-corrected chi connectivity index (χ1v) is 7.56. The predicted octanol–water partition coefficient (Wildman–Crippen LogP) is -0.0607. The number of quaternary nitrogens is 1. The number of aromatic nitrogens is 1. The largest absolute Gasteiger partial charge is 0.360 e. The Morgan fingerprint density at radius 3 is 2.64 bits per heavy atom. The molecule has 0 unspecified atom stereocenters. The van der Waals surface area contributed by atoms with Gasteiger partial charge in [-0.15, -0.1) is 0 Å². The fourth-order valence-corrected chi connectivity index (χ4v) is 2.57. The molecule has 2 aromatic rings. The lowest BCUT2D eigenvalue weighted by atomic mass is 10.1. The second-order valence-corrected chi connectivity index (χ2v) is 5.67. The molecule has 1 aliphatic heterocycles. The van der Waals surface area contributed by atoms with Gasteiger partial charge in [0.05, 0.1) is 39.4 Å². The lowest BCUT2D eigenvalue weighted by Crippen LogP contribution is -3.12. The van der Waals surface area contributed by atoms with Gasteiger partial charge in [0.25, 0.3) is 5.91 Å². The number of nitrogens with zero attached hydrogens (tertiary/aromatic N) is 2. The maximum atomic E-state index is 11.8. The molecule has 1 aromatic carbocycles. The first-order chi connectivity index (χ1) is 10.7. The van der Waals surface area contributed by atoms with E-state index in [1.54, 1.807) is 11.0 Å². The minimum atomic E-state index is -0.247. The smallest absolute Gasteiger partial charge is 0.290 e. The van der Waals surface area contributed by atoms with Crippen LogP contribution in [-0.4, -0.2) is 44.3 Å². The number of rotatable bonds is 4. The molecular weight excluding hydrogens is 280 g/mol. The summed E-state index contributed by atoms with van der Waals surface area (Å²) in [6.07, 6.45) is 1.46. The van der Waals surface area contributed by atoms with Crippen molar-refractivity contribution in [1.29, 1.82) is 0 Å². The van der Waals surface area contributed by atoms with Crippen LogP contribution in [0.3, 0.4) is 0 Å². The van der Waals surface area contributed by atoms with Crippen LogP contribution in [0, 0.1) is 0 Å². The van der Waals surface area contributed by atoms with E-state index >= 15 is 0 Å². The standard InChI is InChI=1S/C16H20N4O2/c1-19-8-10-20(11-9-19)14-4-2-13(3-5-14)12-17-16(21)15-6-7-18-22-15/h2-7H,8-12H2,1H3,(H,17,21)/p+1. The van der Waals surface area contributed by atoms with Crippen LogP contribution in [0.5, 0.6) is 0 Å². The van der Waals surface area contributed by atoms with Crippen LogP contribution >= 0.6 is 0 Å². The Bertz CT molecular complexity index is 602. The highest BCUT2D eigenvalue weighted by atomic mass is 16.5. The molecule has 22 heavy (non-hydrogen) atoms. The summed E-state index contributed by atoms with van der Waals surface area (Å²) in [6.45, 7) is 5.01. The number of anilines is 1. The summed E-state index contributed by atoms with van der Waals surface area (Å²) in [5.41, 5.74) is 2.31. The Balaban J connectivity index is 1.54. The summed E-state index contributed by atoms with van der Waals surface area (Å²) in [4.78, 5) is 15.8. The van der Waals surface area contributed by atoms with Gasteiger partial charge in [-0.05, 0) is 17.7 Å². The number of likely N-dealkylation sites (N-methyl/N-ethyl adjacent to an activating group) is 1. The van der Waals surface area contributed by atoms with Crippen molar-refractivity contribution < 1.29 is 14.2 Å². The van der Waals surface area contributed by atoms with Crippen LogP contribution in [0.15, 0.2) is 41.1 Å². The highest BCUT2D eigenvalue weighted by Gasteiger charge is 2.16. The molecule has 0 atom stereocenters. The van der Waals surface area contributed by atoms with Crippen molar-refractivity contribution in [3.05, 3.63) is 47.9 Å². The molecule has 6 nitrogen and oxygen atoms in total. The van der Waals surface area contributed by atoms with Crippen molar-refractivity contribution in [3.8, 4) is 0 Å². The minimum absolute atomic E-state index is 0.233. The summed E-state index contributed by atoms with van der Waals surface area (Å²) in [5, 5.41) is 6.34. The summed E-state index contributed by atoms with van der Waals surface area (Å²) >= 11 is 0. The second-order valence-electron chi connectivity index (χ2n) is 5.67. The van der Waals surface area contributed by atoms with E-state index in [-0.39, 0.29) is 11.7 Å². The lowest BCUT2D eigenvalue weighted by Gasteiger charge is -2.31. The molecule has 2 heterocycles. The highest BCUT2D eigenvalue weighted by molar-refractivity contribution is 5.91. The molecule has 1 saturated heterocycles. The Hall–Kier alpha value is -2.34. The molecule has 1 aliphatic rings. The van der Waals surface area contributed by atoms with Gasteiger partial charge in [-0.1, -0.05) is 17.3 Å². The SMILES string of the molecule is C[NH+]1CCN(c2ccc(CNC(=O)c3ccno3)cc2)CC1.